The van der Waals surface area contributed by atoms with Gasteiger partial charge in [-0.2, -0.15) is 0 Å². The van der Waals surface area contributed by atoms with Gasteiger partial charge in [-0.1, -0.05) is 36.9 Å². The first-order valence-corrected chi connectivity index (χ1v) is 9.91. The Morgan fingerprint density at radius 3 is 3.04 bits per heavy atom. The van der Waals surface area contributed by atoms with Gasteiger partial charge in [-0.05, 0) is 36.6 Å². The highest BCUT2D eigenvalue weighted by Crippen LogP contribution is 2.24. The van der Waals surface area contributed by atoms with Crippen molar-refractivity contribution >= 4 is 33.7 Å². The highest BCUT2D eigenvalue weighted by Gasteiger charge is 2.10. The molecule has 126 valence electrons. The molecule has 0 saturated heterocycles. The average molecular weight is 354 g/mol. The van der Waals surface area contributed by atoms with E-state index in [1.54, 1.807) is 17.8 Å². The van der Waals surface area contributed by atoms with Crippen molar-refractivity contribution in [1.29, 1.82) is 0 Å². The zero-order valence-electron chi connectivity index (χ0n) is 13.4. The minimum atomic E-state index is -0.453. The van der Waals surface area contributed by atoms with Crippen molar-refractivity contribution < 1.29 is 14.6 Å². The van der Waals surface area contributed by atoms with Crippen LogP contribution in [0.3, 0.4) is 0 Å². The van der Waals surface area contributed by atoms with Gasteiger partial charge >= 0.3 is 0 Å². The van der Waals surface area contributed by atoms with E-state index in [1.807, 2.05) is 23.9 Å². The number of ether oxygens (including phenoxy) is 1. The van der Waals surface area contributed by atoms with Crippen LogP contribution in [-0.2, 0) is 6.42 Å². The molecule has 1 heterocycles. The predicted molar refractivity (Wildman–Crippen MR) is 99.2 cm³/mol. The third kappa shape index (κ3) is 5.86. The molecule has 0 unspecified atom stereocenters. The SMILES string of the molecule is CCCc1cc(C(=O)CO)ccc1OCCCSC1=NCCS1. The molecule has 0 atom stereocenters. The summed E-state index contributed by atoms with van der Waals surface area (Å²) >= 11 is 3.64. The number of thioether (sulfide) groups is 2. The van der Waals surface area contributed by atoms with Crippen LogP contribution in [-0.4, -0.2) is 46.5 Å². The number of carbonyl (C=O) groups excluding carboxylic acids is 1. The second kappa shape index (κ2) is 10.0. The number of ketones is 1. The van der Waals surface area contributed by atoms with E-state index in [-0.39, 0.29) is 5.78 Å². The molecule has 0 aromatic heterocycles. The van der Waals surface area contributed by atoms with Crippen LogP contribution in [0.2, 0.25) is 0 Å². The number of aliphatic imine (C=N–C) groups is 1. The first-order valence-electron chi connectivity index (χ1n) is 7.94. The molecule has 1 N–H and O–H groups in total. The van der Waals surface area contributed by atoms with Crippen LogP contribution in [0.5, 0.6) is 5.75 Å². The van der Waals surface area contributed by atoms with E-state index >= 15 is 0 Å². The lowest BCUT2D eigenvalue weighted by molar-refractivity contribution is 0.0903. The summed E-state index contributed by atoms with van der Waals surface area (Å²) in [6.45, 7) is 3.25. The number of carbonyl (C=O) groups is 1. The van der Waals surface area contributed by atoms with Gasteiger partial charge in [0.1, 0.15) is 16.7 Å². The van der Waals surface area contributed by atoms with E-state index in [1.165, 1.54) is 4.38 Å². The molecule has 2 rings (SSSR count). The van der Waals surface area contributed by atoms with Gasteiger partial charge in [-0.3, -0.25) is 9.79 Å². The number of rotatable bonds is 9. The van der Waals surface area contributed by atoms with Gasteiger partial charge < -0.3 is 9.84 Å². The second-order valence-electron chi connectivity index (χ2n) is 5.20. The number of nitrogens with zero attached hydrogens (tertiary/aromatic N) is 1. The fourth-order valence-corrected chi connectivity index (χ4v) is 4.25. The Morgan fingerprint density at radius 1 is 1.48 bits per heavy atom. The number of aliphatic hydroxyl groups is 1. The standard InChI is InChI=1S/C17H23NO3S2/c1-2-4-14-11-13(15(20)12-19)5-6-16(14)21-8-3-9-22-17-18-7-10-23-17/h5-6,11,19H,2-4,7-10,12H2,1H3. The zero-order chi connectivity index (χ0) is 16.5. The number of aryl methyl sites for hydroxylation is 1. The molecule has 4 nitrogen and oxygen atoms in total. The molecule has 0 saturated carbocycles. The number of Topliss-reactive ketones (excluding diaryl/α,β-unsaturated/α-hetero) is 1. The van der Waals surface area contributed by atoms with E-state index in [0.717, 1.165) is 48.6 Å². The molecule has 0 radical (unpaired) electrons. The smallest absolute Gasteiger partial charge is 0.188 e. The van der Waals surface area contributed by atoms with Crippen molar-refractivity contribution in [2.45, 2.75) is 26.2 Å². The number of hydrogen-bond acceptors (Lipinski definition) is 6. The zero-order valence-corrected chi connectivity index (χ0v) is 15.0. The summed E-state index contributed by atoms with van der Waals surface area (Å²) in [7, 11) is 0. The minimum Gasteiger partial charge on any atom is -0.493 e. The van der Waals surface area contributed by atoms with Crippen LogP contribution in [0.4, 0.5) is 0 Å². The molecule has 0 fully saturated rings. The van der Waals surface area contributed by atoms with E-state index in [0.29, 0.717) is 12.2 Å². The number of aliphatic hydroxyl groups excluding tert-OH is 1. The van der Waals surface area contributed by atoms with Gasteiger partial charge in [-0.25, -0.2) is 0 Å². The van der Waals surface area contributed by atoms with Gasteiger partial charge in [-0.15, -0.1) is 0 Å². The largest absolute Gasteiger partial charge is 0.493 e. The lowest BCUT2D eigenvalue weighted by Crippen LogP contribution is -2.07. The van der Waals surface area contributed by atoms with Gasteiger partial charge in [0.05, 0.1) is 13.2 Å². The van der Waals surface area contributed by atoms with Crippen molar-refractivity contribution in [3.63, 3.8) is 0 Å². The third-order valence-corrected chi connectivity index (χ3v) is 5.71. The highest BCUT2D eigenvalue weighted by atomic mass is 32.2. The maximum absolute atomic E-state index is 11.6. The van der Waals surface area contributed by atoms with Crippen molar-refractivity contribution in [3.8, 4) is 5.75 Å². The second-order valence-corrected chi connectivity index (χ2v) is 7.63. The lowest BCUT2D eigenvalue weighted by Gasteiger charge is -2.12. The summed E-state index contributed by atoms with van der Waals surface area (Å²) in [5, 5.41) is 8.97. The summed E-state index contributed by atoms with van der Waals surface area (Å²) in [5.74, 6) is 2.72. The van der Waals surface area contributed by atoms with E-state index in [2.05, 4.69) is 11.9 Å². The average Bonchev–Trinajstić information content (AvgIpc) is 3.08. The third-order valence-electron chi connectivity index (χ3n) is 3.37. The maximum Gasteiger partial charge on any atom is 0.188 e. The summed E-state index contributed by atoms with van der Waals surface area (Å²) in [6, 6.07) is 5.42. The van der Waals surface area contributed by atoms with E-state index < -0.39 is 6.61 Å². The van der Waals surface area contributed by atoms with Crippen molar-refractivity contribution in [2.75, 3.05) is 31.3 Å². The lowest BCUT2D eigenvalue weighted by atomic mass is 10.0. The summed E-state index contributed by atoms with van der Waals surface area (Å²) in [5.41, 5.74) is 1.59. The Balaban J connectivity index is 1.84. The summed E-state index contributed by atoms with van der Waals surface area (Å²) < 4.78 is 7.09. The molecule has 0 spiro atoms. The molecule has 0 bridgehead atoms. The molecule has 1 aliphatic rings. The Morgan fingerprint density at radius 2 is 2.35 bits per heavy atom. The molecular formula is C17H23NO3S2. The molecule has 6 heteroatoms. The van der Waals surface area contributed by atoms with Crippen LogP contribution < -0.4 is 4.74 Å². The fourth-order valence-electron chi connectivity index (χ4n) is 2.25. The maximum atomic E-state index is 11.6. The van der Waals surface area contributed by atoms with Crippen LogP contribution in [0.15, 0.2) is 23.2 Å². The van der Waals surface area contributed by atoms with Crippen LogP contribution in [0.25, 0.3) is 0 Å². The van der Waals surface area contributed by atoms with Gasteiger partial charge in [0.15, 0.2) is 5.78 Å². The summed E-state index contributed by atoms with van der Waals surface area (Å²) in [6.07, 6.45) is 2.82. The normalized spacial score (nSPS) is 13.9. The number of benzene rings is 1. The van der Waals surface area contributed by atoms with Crippen LogP contribution in [0.1, 0.15) is 35.7 Å². The van der Waals surface area contributed by atoms with E-state index in [9.17, 15) is 4.79 Å². The highest BCUT2D eigenvalue weighted by molar-refractivity contribution is 8.39. The van der Waals surface area contributed by atoms with Gasteiger partial charge in [0, 0.05) is 17.1 Å². The Labute approximate surface area is 146 Å². The monoisotopic (exact) mass is 353 g/mol. The first-order chi connectivity index (χ1) is 11.2. The fraction of sp³-hybridized carbons (Fsp3) is 0.529. The van der Waals surface area contributed by atoms with Crippen LogP contribution >= 0.6 is 23.5 Å². The molecule has 0 aliphatic carbocycles. The quantitative estimate of drug-likeness (QED) is 0.544. The molecular weight excluding hydrogens is 330 g/mol. The molecule has 23 heavy (non-hydrogen) atoms. The molecule has 0 amide bonds. The van der Waals surface area contributed by atoms with Gasteiger partial charge in [0.25, 0.3) is 0 Å². The van der Waals surface area contributed by atoms with Gasteiger partial charge in [0.2, 0.25) is 0 Å². The summed E-state index contributed by atoms with van der Waals surface area (Å²) in [4.78, 5) is 16.0. The molecule has 1 aliphatic heterocycles. The first kappa shape index (κ1) is 18.4. The predicted octanol–water partition coefficient (Wildman–Crippen LogP) is 3.42. The minimum absolute atomic E-state index is 0.250. The van der Waals surface area contributed by atoms with Crippen molar-refractivity contribution in [1.82, 2.24) is 0 Å². The molecule has 1 aromatic carbocycles. The molecule has 1 aromatic rings. The number of hydrogen-bond donors (Lipinski definition) is 1. The van der Waals surface area contributed by atoms with Crippen molar-refractivity contribution in [3.05, 3.63) is 29.3 Å². The van der Waals surface area contributed by atoms with Crippen LogP contribution in [0, 0.1) is 0 Å². The topological polar surface area (TPSA) is 58.9 Å². The van der Waals surface area contributed by atoms with E-state index in [4.69, 9.17) is 9.84 Å². The Bertz CT molecular complexity index is 561. The Hall–Kier alpha value is -0.980. The van der Waals surface area contributed by atoms with Crippen molar-refractivity contribution in [2.24, 2.45) is 4.99 Å². The Kier molecular flexibility index (Phi) is 7.99.